The standard InChI is InChI=1S/C29H35FN2O6S/c1-18(17-37-27-5-3-4-12-36-27)16-32(39(2,34)35)24-15-25-23(14-22(24)20-8-9-20)28(29(31)33)26(38-25)13-19-6-10-21(30)11-7-19/h6-7,10-11,14-15,18,20,27H,3-5,8-9,12-13,16-17H2,1-2H3,(H2,31,33)/t18-,27?/m1/s1. The average Bonchev–Trinajstić information content (AvgIpc) is 3.67. The highest BCUT2D eigenvalue weighted by atomic mass is 32.2. The molecule has 8 nitrogen and oxygen atoms in total. The third kappa shape index (κ3) is 6.45. The Morgan fingerprint density at radius 3 is 2.54 bits per heavy atom. The summed E-state index contributed by atoms with van der Waals surface area (Å²) in [4.78, 5) is 12.5. The Morgan fingerprint density at radius 2 is 1.92 bits per heavy atom. The minimum absolute atomic E-state index is 0.0974. The highest BCUT2D eigenvalue weighted by Crippen LogP contribution is 2.47. The SMILES string of the molecule is C[C@@H](COC1CCCCO1)CN(c1cc2oc(Cc3ccc(F)cc3)c(C(N)=O)c2cc1C1CC1)S(C)(=O)=O. The van der Waals surface area contributed by atoms with E-state index < -0.39 is 15.9 Å². The summed E-state index contributed by atoms with van der Waals surface area (Å²) >= 11 is 0. The van der Waals surface area contributed by atoms with Crippen molar-refractivity contribution in [2.45, 2.75) is 57.7 Å². The predicted octanol–water partition coefficient (Wildman–Crippen LogP) is 5.08. The average molecular weight is 559 g/mol. The van der Waals surface area contributed by atoms with Gasteiger partial charge < -0.3 is 19.6 Å². The number of hydrogen-bond donors (Lipinski definition) is 1. The maximum Gasteiger partial charge on any atom is 0.252 e. The summed E-state index contributed by atoms with van der Waals surface area (Å²) in [6.45, 7) is 3.22. The number of furan rings is 1. The lowest BCUT2D eigenvalue weighted by molar-refractivity contribution is -0.167. The summed E-state index contributed by atoms with van der Waals surface area (Å²) in [6.07, 6.45) is 5.97. The molecular weight excluding hydrogens is 523 g/mol. The van der Waals surface area contributed by atoms with Gasteiger partial charge in [0.05, 0.1) is 24.1 Å². The fraction of sp³-hybridized carbons (Fsp3) is 0.483. The van der Waals surface area contributed by atoms with Crippen LogP contribution in [0, 0.1) is 11.7 Å². The number of carbonyl (C=O) groups is 1. The van der Waals surface area contributed by atoms with Crippen LogP contribution in [0.15, 0.2) is 40.8 Å². The third-order valence-electron chi connectivity index (χ3n) is 7.30. The van der Waals surface area contributed by atoms with E-state index >= 15 is 0 Å². The Labute approximate surface area is 228 Å². The molecule has 3 aromatic rings. The Balaban J connectivity index is 1.49. The highest BCUT2D eigenvalue weighted by molar-refractivity contribution is 7.92. The van der Waals surface area contributed by atoms with E-state index in [1.807, 2.05) is 13.0 Å². The number of benzene rings is 2. The number of sulfonamides is 1. The van der Waals surface area contributed by atoms with E-state index in [2.05, 4.69) is 0 Å². The molecule has 1 saturated heterocycles. The Hall–Kier alpha value is -2.95. The maximum absolute atomic E-state index is 13.4. The molecule has 1 saturated carbocycles. The van der Waals surface area contributed by atoms with E-state index in [1.54, 1.807) is 18.2 Å². The van der Waals surface area contributed by atoms with Gasteiger partial charge in [-0.25, -0.2) is 12.8 Å². The van der Waals surface area contributed by atoms with Crippen LogP contribution in [0.1, 0.15) is 72.2 Å². The second-order valence-corrected chi connectivity index (χ2v) is 12.7. The summed E-state index contributed by atoms with van der Waals surface area (Å²) in [6, 6.07) is 9.52. The van der Waals surface area contributed by atoms with Crippen LogP contribution in [-0.2, 0) is 25.9 Å². The Kier molecular flexibility index (Phi) is 7.98. The van der Waals surface area contributed by atoms with Crippen LogP contribution < -0.4 is 10.0 Å². The minimum Gasteiger partial charge on any atom is -0.460 e. The van der Waals surface area contributed by atoms with Gasteiger partial charge in [-0.2, -0.15) is 0 Å². The zero-order valence-corrected chi connectivity index (χ0v) is 23.1. The predicted molar refractivity (Wildman–Crippen MR) is 147 cm³/mol. The highest BCUT2D eigenvalue weighted by Gasteiger charge is 2.33. The third-order valence-corrected chi connectivity index (χ3v) is 8.45. The number of hydrogen-bond acceptors (Lipinski definition) is 6. The summed E-state index contributed by atoms with van der Waals surface area (Å²) < 4.78 is 58.7. The van der Waals surface area contributed by atoms with Gasteiger partial charge >= 0.3 is 0 Å². The molecule has 2 fully saturated rings. The topological polar surface area (TPSA) is 112 Å². The zero-order valence-electron chi connectivity index (χ0n) is 22.3. The van der Waals surface area contributed by atoms with Crippen molar-refractivity contribution >= 4 is 32.6 Å². The van der Waals surface area contributed by atoms with E-state index in [-0.39, 0.29) is 42.5 Å². The van der Waals surface area contributed by atoms with Crippen molar-refractivity contribution in [1.29, 1.82) is 0 Å². The number of nitrogens with two attached hydrogens (primary N) is 1. The lowest BCUT2D eigenvalue weighted by Gasteiger charge is -2.29. The monoisotopic (exact) mass is 558 g/mol. The van der Waals surface area contributed by atoms with Crippen LogP contribution in [0.25, 0.3) is 11.0 Å². The van der Waals surface area contributed by atoms with Crippen molar-refractivity contribution in [3.05, 3.63) is 64.7 Å². The van der Waals surface area contributed by atoms with Gasteiger partial charge in [0.25, 0.3) is 5.91 Å². The second kappa shape index (κ2) is 11.3. The molecule has 39 heavy (non-hydrogen) atoms. The number of amides is 1. The summed E-state index contributed by atoms with van der Waals surface area (Å²) in [5.74, 6) is -0.532. The number of ether oxygens (including phenoxy) is 2. The first-order valence-corrected chi connectivity index (χ1v) is 15.3. The molecule has 1 aromatic heterocycles. The van der Waals surface area contributed by atoms with Gasteiger partial charge in [0.15, 0.2) is 6.29 Å². The van der Waals surface area contributed by atoms with Crippen LogP contribution in [-0.4, -0.2) is 46.6 Å². The Bertz CT molecular complexity index is 1440. The molecule has 1 aliphatic carbocycles. The number of carbonyl (C=O) groups excluding carboxylic acids is 1. The molecule has 1 aliphatic heterocycles. The largest absolute Gasteiger partial charge is 0.460 e. The first-order chi connectivity index (χ1) is 18.6. The zero-order chi connectivity index (χ0) is 27.7. The van der Waals surface area contributed by atoms with Crippen molar-refractivity contribution in [3.8, 4) is 0 Å². The van der Waals surface area contributed by atoms with Crippen molar-refractivity contribution < 1.29 is 31.5 Å². The molecule has 1 unspecified atom stereocenters. The number of anilines is 1. The van der Waals surface area contributed by atoms with Crippen molar-refractivity contribution in [2.24, 2.45) is 11.7 Å². The number of nitrogens with zero attached hydrogens (tertiary/aromatic N) is 1. The quantitative estimate of drug-likeness (QED) is 0.351. The second-order valence-electron chi connectivity index (χ2n) is 10.8. The molecule has 2 atom stereocenters. The number of fused-ring (bicyclic) bond motifs is 1. The van der Waals surface area contributed by atoms with Gasteiger partial charge in [0, 0.05) is 31.0 Å². The molecule has 5 rings (SSSR count). The molecule has 2 heterocycles. The van der Waals surface area contributed by atoms with Gasteiger partial charge in [0.1, 0.15) is 17.2 Å². The van der Waals surface area contributed by atoms with E-state index in [4.69, 9.17) is 19.6 Å². The number of primary amides is 1. The molecule has 0 bridgehead atoms. The molecule has 2 aromatic carbocycles. The molecule has 10 heteroatoms. The lowest BCUT2D eigenvalue weighted by atomic mass is 10.0. The molecule has 210 valence electrons. The van der Waals surface area contributed by atoms with Gasteiger partial charge in [-0.1, -0.05) is 19.1 Å². The van der Waals surface area contributed by atoms with Gasteiger partial charge in [-0.3, -0.25) is 9.10 Å². The lowest BCUT2D eigenvalue weighted by Crippen LogP contribution is -2.36. The van der Waals surface area contributed by atoms with Crippen molar-refractivity contribution in [2.75, 3.05) is 30.3 Å². The van der Waals surface area contributed by atoms with Crippen LogP contribution in [0.5, 0.6) is 0 Å². The van der Waals surface area contributed by atoms with Crippen molar-refractivity contribution in [1.82, 2.24) is 0 Å². The van der Waals surface area contributed by atoms with E-state index in [1.165, 1.54) is 22.7 Å². The molecule has 0 radical (unpaired) electrons. The van der Waals surface area contributed by atoms with E-state index in [9.17, 15) is 17.6 Å². The fourth-order valence-electron chi connectivity index (χ4n) is 5.18. The normalized spacial score (nSPS) is 18.8. The van der Waals surface area contributed by atoms with Gasteiger partial charge in [-0.05, 0) is 73.3 Å². The van der Waals surface area contributed by atoms with Crippen LogP contribution in [0.4, 0.5) is 10.1 Å². The minimum atomic E-state index is -3.65. The molecule has 1 amide bonds. The first kappa shape index (κ1) is 27.6. The molecule has 0 spiro atoms. The van der Waals surface area contributed by atoms with Crippen LogP contribution in [0.2, 0.25) is 0 Å². The molecule has 2 N–H and O–H groups in total. The number of rotatable bonds is 11. The summed E-state index contributed by atoms with van der Waals surface area (Å²) in [7, 11) is -3.65. The fourth-order valence-corrected chi connectivity index (χ4v) is 6.22. The smallest absolute Gasteiger partial charge is 0.252 e. The van der Waals surface area contributed by atoms with Crippen LogP contribution in [0.3, 0.4) is 0 Å². The molecule has 2 aliphatic rings. The van der Waals surface area contributed by atoms with Gasteiger partial charge in [-0.15, -0.1) is 0 Å². The Morgan fingerprint density at radius 1 is 1.18 bits per heavy atom. The first-order valence-electron chi connectivity index (χ1n) is 13.4. The van der Waals surface area contributed by atoms with Crippen LogP contribution >= 0.6 is 0 Å². The van der Waals surface area contributed by atoms with Crippen molar-refractivity contribution in [3.63, 3.8) is 0 Å². The van der Waals surface area contributed by atoms with E-state index in [0.717, 1.165) is 43.2 Å². The summed E-state index contributed by atoms with van der Waals surface area (Å²) in [5.41, 5.74) is 8.59. The van der Waals surface area contributed by atoms with E-state index in [0.29, 0.717) is 35.6 Å². The summed E-state index contributed by atoms with van der Waals surface area (Å²) in [5, 5.41) is 0.560. The molecular formula is C29H35FN2O6S. The maximum atomic E-state index is 13.4. The number of halogens is 1. The van der Waals surface area contributed by atoms with Gasteiger partial charge in [0.2, 0.25) is 10.0 Å².